The zero-order chi connectivity index (χ0) is 13.3. The van der Waals surface area contributed by atoms with E-state index in [0.29, 0.717) is 16.6 Å². The van der Waals surface area contributed by atoms with Crippen molar-refractivity contribution in [1.82, 2.24) is 14.5 Å². The number of aryl methyl sites for hydroxylation is 1. The molecular weight excluding hydrogens is 236 g/mol. The molecule has 0 aromatic carbocycles. The number of fused-ring (bicyclic) bond motifs is 1. The maximum absolute atomic E-state index is 11.8. The van der Waals surface area contributed by atoms with Crippen LogP contribution in [0, 0.1) is 0 Å². The molecule has 0 aliphatic heterocycles. The number of nitrogen functional groups attached to an aromatic ring is 1. The fourth-order valence-corrected chi connectivity index (χ4v) is 1.68. The van der Waals surface area contributed by atoms with Crippen molar-refractivity contribution < 1.29 is 9.53 Å². The van der Waals surface area contributed by atoms with Crippen molar-refractivity contribution in [2.75, 3.05) is 12.8 Å². The Labute approximate surface area is 102 Å². The highest BCUT2D eigenvalue weighted by molar-refractivity contribution is 5.92. The fourth-order valence-electron chi connectivity index (χ4n) is 1.68. The van der Waals surface area contributed by atoms with Gasteiger partial charge in [-0.3, -0.25) is 9.78 Å². The van der Waals surface area contributed by atoms with Gasteiger partial charge in [-0.2, -0.15) is 4.98 Å². The highest BCUT2D eigenvalue weighted by atomic mass is 16.5. The average molecular weight is 248 g/mol. The smallest absolute Gasteiger partial charge is 0.330 e. The van der Waals surface area contributed by atoms with Crippen molar-refractivity contribution >= 4 is 29.0 Å². The van der Waals surface area contributed by atoms with Crippen molar-refractivity contribution in [3.63, 3.8) is 0 Å². The summed E-state index contributed by atoms with van der Waals surface area (Å²) in [6.07, 6.45) is 4.43. The summed E-state index contributed by atoms with van der Waals surface area (Å²) < 4.78 is 6.15. The van der Waals surface area contributed by atoms with Gasteiger partial charge in [-0.25, -0.2) is 4.79 Å². The van der Waals surface area contributed by atoms with E-state index in [-0.39, 0.29) is 11.5 Å². The Morgan fingerprint density at radius 1 is 1.61 bits per heavy atom. The van der Waals surface area contributed by atoms with Gasteiger partial charge in [0.05, 0.1) is 12.5 Å². The number of esters is 1. The van der Waals surface area contributed by atoms with Crippen LogP contribution in [0.1, 0.15) is 5.56 Å². The first-order chi connectivity index (χ1) is 8.52. The molecule has 2 heterocycles. The lowest BCUT2D eigenvalue weighted by Crippen LogP contribution is -2.11. The molecule has 3 N–H and O–H groups in total. The van der Waals surface area contributed by atoms with Gasteiger partial charge in [0.25, 0.3) is 5.56 Å². The largest absolute Gasteiger partial charge is 0.466 e. The van der Waals surface area contributed by atoms with Crippen molar-refractivity contribution in [3.05, 3.63) is 28.2 Å². The van der Waals surface area contributed by atoms with Crippen LogP contribution >= 0.6 is 0 Å². The first kappa shape index (κ1) is 11.9. The molecule has 0 saturated heterocycles. The van der Waals surface area contributed by atoms with E-state index in [2.05, 4.69) is 14.7 Å². The number of nitrogens with zero attached hydrogens (tertiary/aromatic N) is 2. The molecule has 0 spiro atoms. The van der Waals surface area contributed by atoms with E-state index in [9.17, 15) is 9.59 Å². The van der Waals surface area contributed by atoms with Gasteiger partial charge < -0.3 is 15.0 Å². The van der Waals surface area contributed by atoms with Crippen LogP contribution in [-0.2, 0) is 16.6 Å². The van der Waals surface area contributed by atoms with Crippen molar-refractivity contribution in [3.8, 4) is 0 Å². The number of methoxy groups -OCH3 is 1. The normalized spacial score (nSPS) is 11.2. The third-order valence-corrected chi connectivity index (χ3v) is 2.47. The summed E-state index contributed by atoms with van der Waals surface area (Å²) in [5.41, 5.74) is 6.16. The Balaban J connectivity index is 2.63. The van der Waals surface area contributed by atoms with Gasteiger partial charge >= 0.3 is 5.97 Å². The Morgan fingerprint density at radius 3 is 3.00 bits per heavy atom. The molecule has 18 heavy (non-hydrogen) atoms. The van der Waals surface area contributed by atoms with Crippen LogP contribution in [0.15, 0.2) is 17.1 Å². The molecule has 94 valence electrons. The minimum absolute atomic E-state index is 0.0530. The number of hydrogen-bond acceptors (Lipinski definition) is 5. The monoisotopic (exact) mass is 248 g/mol. The van der Waals surface area contributed by atoms with Crippen molar-refractivity contribution in [2.45, 2.75) is 0 Å². The van der Waals surface area contributed by atoms with Crippen LogP contribution < -0.4 is 11.3 Å². The summed E-state index contributed by atoms with van der Waals surface area (Å²) in [6.45, 7) is 0. The van der Waals surface area contributed by atoms with Gasteiger partial charge in [-0.15, -0.1) is 0 Å². The average Bonchev–Trinajstić information content (AvgIpc) is 2.63. The van der Waals surface area contributed by atoms with Crippen LogP contribution in [0.2, 0.25) is 0 Å². The lowest BCUT2D eigenvalue weighted by molar-refractivity contribution is -0.134. The second-order valence-electron chi connectivity index (χ2n) is 3.70. The number of nitrogens with two attached hydrogens (primary N) is 1. The Bertz CT molecular complexity index is 696. The molecule has 0 amide bonds. The molecule has 2 aromatic rings. The van der Waals surface area contributed by atoms with Crippen LogP contribution in [-0.4, -0.2) is 27.6 Å². The zero-order valence-electron chi connectivity index (χ0n) is 9.93. The van der Waals surface area contributed by atoms with Gasteiger partial charge in [-0.05, 0) is 6.08 Å². The summed E-state index contributed by atoms with van der Waals surface area (Å²) in [5, 5.41) is 0.381. The summed E-state index contributed by atoms with van der Waals surface area (Å²) in [6, 6.07) is 0. The van der Waals surface area contributed by atoms with E-state index in [4.69, 9.17) is 5.73 Å². The first-order valence-corrected chi connectivity index (χ1v) is 5.13. The number of rotatable bonds is 2. The van der Waals surface area contributed by atoms with Crippen molar-refractivity contribution in [1.29, 1.82) is 0 Å². The quantitative estimate of drug-likeness (QED) is 0.576. The third-order valence-electron chi connectivity index (χ3n) is 2.47. The highest BCUT2D eigenvalue weighted by Gasteiger charge is 2.10. The highest BCUT2D eigenvalue weighted by Crippen LogP contribution is 2.16. The van der Waals surface area contributed by atoms with Gasteiger partial charge in [-0.1, -0.05) is 0 Å². The number of carbonyl (C=O) groups is 1. The maximum Gasteiger partial charge on any atom is 0.330 e. The lowest BCUT2D eigenvalue weighted by atomic mass is 10.2. The van der Waals surface area contributed by atoms with Gasteiger partial charge in [0.2, 0.25) is 5.95 Å². The molecule has 0 aliphatic rings. The van der Waals surface area contributed by atoms with E-state index in [0.717, 1.165) is 0 Å². The molecule has 0 saturated carbocycles. The molecular formula is C11H12N4O3. The van der Waals surface area contributed by atoms with E-state index in [1.165, 1.54) is 19.3 Å². The summed E-state index contributed by atoms with van der Waals surface area (Å²) in [4.78, 5) is 29.3. The summed E-state index contributed by atoms with van der Waals surface area (Å²) >= 11 is 0. The van der Waals surface area contributed by atoms with E-state index in [1.807, 2.05) is 0 Å². The van der Waals surface area contributed by atoms with Crippen molar-refractivity contribution in [2.24, 2.45) is 7.05 Å². The van der Waals surface area contributed by atoms with Crippen LogP contribution in [0.4, 0.5) is 5.95 Å². The molecule has 2 rings (SSSR count). The fraction of sp³-hybridized carbons (Fsp3) is 0.182. The molecule has 0 fully saturated rings. The summed E-state index contributed by atoms with van der Waals surface area (Å²) in [7, 11) is 3.02. The molecule has 0 radical (unpaired) electrons. The molecule has 0 bridgehead atoms. The number of hydrogen-bond donors (Lipinski definition) is 2. The number of anilines is 1. The number of aromatic nitrogens is 3. The Morgan fingerprint density at radius 2 is 2.33 bits per heavy atom. The van der Waals surface area contributed by atoms with E-state index >= 15 is 0 Å². The van der Waals surface area contributed by atoms with Gasteiger partial charge in [0, 0.05) is 24.9 Å². The zero-order valence-corrected chi connectivity index (χ0v) is 9.93. The lowest BCUT2D eigenvalue weighted by Gasteiger charge is -1.95. The van der Waals surface area contributed by atoms with E-state index in [1.54, 1.807) is 17.8 Å². The van der Waals surface area contributed by atoms with Gasteiger partial charge in [0.15, 0.2) is 0 Å². The second kappa shape index (κ2) is 4.36. The minimum Gasteiger partial charge on any atom is -0.466 e. The Hall–Kier alpha value is -2.57. The second-order valence-corrected chi connectivity index (χ2v) is 3.70. The molecule has 7 heteroatoms. The van der Waals surface area contributed by atoms with Crippen LogP contribution in [0.3, 0.4) is 0 Å². The summed E-state index contributed by atoms with van der Waals surface area (Å²) in [5.74, 6) is -0.441. The third kappa shape index (κ3) is 1.97. The Kier molecular flexibility index (Phi) is 2.88. The predicted molar refractivity (Wildman–Crippen MR) is 66.8 cm³/mol. The van der Waals surface area contributed by atoms with Crippen LogP contribution in [0.5, 0.6) is 0 Å². The molecule has 0 unspecified atom stereocenters. The first-order valence-electron chi connectivity index (χ1n) is 5.13. The number of carbonyl (C=O) groups excluding carboxylic acids is 1. The number of ether oxygens (including phenoxy) is 1. The SMILES string of the molecule is COC(=O)C=Cc1cn(C)c2nc(N)[nH]c(=O)c12. The number of H-pyrrole nitrogens is 1. The van der Waals surface area contributed by atoms with E-state index < -0.39 is 5.97 Å². The van der Waals surface area contributed by atoms with Crippen LogP contribution in [0.25, 0.3) is 17.1 Å². The molecule has 0 atom stereocenters. The maximum atomic E-state index is 11.8. The van der Waals surface area contributed by atoms with Gasteiger partial charge in [0.1, 0.15) is 5.65 Å². The standard InChI is InChI=1S/C11H12N4O3/c1-15-5-6(3-4-7(16)18-2)8-9(15)13-11(12)14-10(8)17/h3-5H,1-2H3,(H3,12,13,14,17). The number of aromatic amines is 1. The topological polar surface area (TPSA) is 103 Å². The molecule has 7 nitrogen and oxygen atoms in total. The molecule has 2 aromatic heterocycles. The predicted octanol–water partition coefficient (Wildman–Crippen LogP) is 0.0300. The number of nitrogens with one attached hydrogen (secondary N) is 1. The molecule has 0 aliphatic carbocycles. The minimum atomic E-state index is -0.494.